The first-order valence-corrected chi connectivity index (χ1v) is 24.6. The number of aryl methyl sites for hydroxylation is 2. The molecule has 0 saturated carbocycles. The number of para-hydroxylation sites is 1. The van der Waals surface area contributed by atoms with Gasteiger partial charge < -0.3 is 9.80 Å². The van der Waals surface area contributed by atoms with Gasteiger partial charge in [-0.1, -0.05) is 174 Å². The highest BCUT2D eigenvalue weighted by Gasteiger charge is 2.49. The zero-order valence-corrected chi connectivity index (χ0v) is 42.0. The van der Waals surface area contributed by atoms with Gasteiger partial charge in [-0.15, -0.1) is 0 Å². The molecule has 0 unspecified atom stereocenters. The van der Waals surface area contributed by atoms with Crippen molar-refractivity contribution in [3.63, 3.8) is 0 Å². The van der Waals surface area contributed by atoms with E-state index in [9.17, 15) is 0 Å². The summed E-state index contributed by atoms with van der Waals surface area (Å²) in [5.41, 5.74) is 28.1. The summed E-state index contributed by atoms with van der Waals surface area (Å²) in [5, 5.41) is 0. The highest BCUT2D eigenvalue weighted by Crippen LogP contribution is 2.55. The number of hydrogen-bond acceptors (Lipinski definition) is 2. The van der Waals surface area contributed by atoms with Gasteiger partial charge in [0.1, 0.15) is 0 Å². The Hall–Kier alpha value is -5.80. The maximum atomic E-state index is 2.69. The fourth-order valence-electron chi connectivity index (χ4n) is 12.3. The molecule has 3 heteroatoms. The van der Waals surface area contributed by atoms with Crippen molar-refractivity contribution in [2.45, 2.75) is 137 Å². The number of nitrogens with zero attached hydrogens (tertiary/aromatic N) is 2. The van der Waals surface area contributed by atoms with Crippen molar-refractivity contribution in [1.82, 2.24) is 0 Å². The van der Waals surface area contributed by atoms with Gasteiger partial charge in [0.2, 0.25) is 0 Å². The van der Waals surface area contributed by atoms with Gasteiger partial charge in [-0.05, 0) is 168 Å². The fourth-order valence-corrected chi connectivity index (χ4v) is 12.3. The molecule has 66 heavy (non-hydrogen) atoms. The highest BCUT2D eigenvalue weighted by molar-refractivity contribution is 7.00. The Labute approximate surface area is 396 Å². The molecule has 2 aliphatic carbocycles. The maximum absolute atomic E-state index is 2.69. The van der Waals surface area contributed by atoms with Crippen LogP contribution in [0.2, 0.25) is 0 Å². The van der Waals surface area contributed by atoms with E-state index in [2.05, 4.69) is 234 Å². The SMILES string of the molecule is Cc1ccccc1N1c2cc3c(cc2B2c4cc5c(cc4N(c4ccc(C(C)(C)C)cc4C)c4cc(-c6ccccc6)cc1c42)C(C)(C)CCC5(C)C)C(C)(C)c1ccc(C(C)(C)C)cc1-3. The minimum Gasteiger partial charge on any atom is -0.311 e. The van der Waals surface area contributed by atoms with Crippen molar-refractivity contribution < 1.29 is 0 Å². The van der Waals surface area contributed by atoms with Crippen molar-refractivity contribution in [3.8, 4) is 22.3 Å². The first kappa shape index (κ1) is 42.8. The van der Waals surface area contributed by atoms with E-state index in [1.807, 2.05) is 0 Å². The molecule has 7 aromatic rings. The molecule has 11 rings (SSSR count). The average molecular weight is 863 g/mol. The summed E-state index contributed by atoms with van der Waals surface area (Å²) < 4.78 is 0. The molecule has 0 bridgehead atoms. The number of hydrogen-bond donors (Lipinski definition) is 0. The summed E-state index contributed by atoms with van der Waals surface area (Å²) in [7, 11) is 0. The zero-order chi connectivity index (χ0) is 46.6. The van der Waals surface area contributed by atoms with Crippen LogP contribution >= 0.6 is 0 Å². The predicted octanol–water partition coefficient (Wildman–Crippen LogP) is 15.3. The van der Waals surface area contributed by atoms with Crippen LogP contribution in [-0.2, 0) is 27.1 Å². The summed E-state index contributed by atoms with van der Waals surface area (Å²) in [6.07, 6.45) is 2.34. The summed E-state index contributed by atoms with van der Waals surface area (Å²) in [6, 6.07) is 50.3. The molecule has 332 valence electrons. The Balaban J connectivity index is 1.30. The van der Waals surface area contributed by atoms with Crippen LogP contribution in [0.25, 0.3) is 22.3 Å². The molecule has 2 heterocycles. The molecule has 2 aliphatic heterocycles. The number of fused-ring (bicyclic) bond motifs is 8. The molecule has 2 nitrogen and oxygen atoms in total. The van der Waals surface area contributed by atoms with Crippen LogP contribution in [0.4, 0.5) is 34.1 Å². The van der Waals surface area contributed by atoms with Gasteiger partial charge in [0.05, 0.1) is 0 Å². The van der Waals surface area contributed by atoms with Crippen LogP contribution in [0, 0.1) is 13.8 Å². The molecule has 0 fully saturated rings. The van der Waals surface area contributed by atoms with Gasteiger partial charge >= 0.3 is 0 Å². The van der Waals surface area contributed by atoms with Crippen molar-refractivity contribution in [3.05, 3.63) is 172 Å². The van der Waals surface area contributed by atoms with Crippen molar-refractivity contribution in [2.24, 2.45) is 0 Å². The summed E-state index contributed by atoms with van der Waals surface area (Å²) >= 11 is 0. The molecule has 0 N–H and O–H groups in total. The Bertz CT molecular complexity index is 3170. The number of benzene rings is 7. The molecular weight excluding hydrogens is 796 g/mol. The summed E-state index contributed by atoms with van der Waals surface area (Å²) in [4.78, 5) is 5.33. The van der Waals surface area contributed by atoms with Crippen LogP contribution in [0.15, 0.2) is 127 Å². The maximum Gasteiger partial charge on any atom is 0.252 e. The van der Waals surface area contributed by atoms with Crippen molar-refractivity contribution >= 4 is 57.2 Å². The first-order chi connectivity index (χ1) is 31.1. The van der Waals surface area contributed by atoms with Gasteiger partial charge in [-0.25, -0.2) is 0 Å². The molecule has 0 spiro atoms. The van der Waals surface area contributed by atoms with E-state index in [-0.39, 0.29) is 33.8 Å². The van der Waals surface area contributed by atoms with Gasteiger partial charge in [0.25, 0.3) is 6.71 Å². The fraction of sp³-hybridized carbons (Fsp3) is 0.333. The first-order valence-electron chi connectivity index (χ1n) is 24.6. The lowest BCUT2D eigenvalue weighted by molar-refractivity contribution is 0.332. The van der Waals surface area contributed by atoms with Crippen LogP contribution in [0.5, 0.6) is 0 Å². The Morgan fingerprint density at radius 2 is 0.939 bits per heavy atom. The molecule has 0 aromatic heterocycles. The average Bonchev–Trinajstić information content (AvgIpc) is 3.48. The summed E-state index contributed by atoms with van der Waals surface area (Å²) in [6.45, 7) is 33.5. The van der Waals surface area contributed by atoms with E-state index in [0.29, 0.717) is 0 Å². The van der Waals surface area contributed by atoms with E-state index in [0.717, 1.165) is 0 Å². The third kappa shape index (κ3) is 6.28. The Morgan fingerprint density at radius 1 is 0.424 bits per heavy atom. The third-order valence-electron chi connectivity index (χ3n) is 16.5. The van der Waals surface area contributed by atoms with Gasteiger partial charge in [0, 0.05) is 39.5 Å². The smallest absolute Gasteiger partial charge is 0.252 e. The predicted molar refractivity (Wildman–Crippen MR) is 286 cm³/mol. The standard InChI is InChI=1S/C63H67BN2/c1-38-20-18-19-23-52(38)65-54-34-45-44-33-43(60(6,7)8)24-26-46(44)63(13,14)47(45)35-50(54)64-51-36-48-49(62(11,12)29-28-61(48,9)10)37-55(51)66(53-27-25-42(30-39(53)2)59(3,4)5)57-32-41(31-56(65)58(57)64)40-21-16-15-17-22-40/h15-27,30-37H,28-29H2,1-14H3. The second-order valence-electron chi connectivity index (χ2n) is 24.3. The normalized spacial score (nSPS) is 17.1. The topological polar surface area (TPSA) is 6.48 Å². The lowest BCUT2D eigenvalue weighted by atomic mass is 9.32. The quantitative estimate of drug-likeness (QED) is 0.163. The molecule has 0 atom stereocenters. The third-order valence-corrected chi connectivity index (χ3v) is 16.5. The molecule has 0 amide bonds. The monoisotopic (exact) mass is 863 g/mol. The lowest BCUT2D eigenvalue weighted by Gasteiger charge is -2.48. The second kappa shape index (κ2) is 14.1. The highest BCUT2D eigenvalue weighted by atomic mass is 15.2. The van der Waals surface area contributed by atoms with E-state index in [4.69, 9.17) is 0 Å². The van der Waals surface area contributed by atoms with Crippen molar-refractivity contribution in [2.75, 3.05) is 9.80 Å². The Kier molecular flexibility index (Phi) is 9.16. The molecule has 4 aliphatic rings. The lowest BCUT2D eigenvalue weighted by Crippen LogP contribution is -2.62. The molecule has 0 saturated heterocycles. The van der Waals surface area contributed by atoms with E-state index < -0.39 is 0 Å². The van der Waals surface area contributed by atoms with E-state index >= 15 is 0 Å². The number of anilines is 6. The van der Waals surface area contributed by atoms with Crippen LogP contribution < -0.4 is 26.2 Å². The van der Waals surface area contributed by atoms with Crippen LogP contribution in [-0.4, -0.2) is 6.71 Å². The van der Waals surface area contributed by atoms with Gasteiger partial charge in [-0.2, -0.15) is 0 Å². The molecule has 0 radical (unpaired) electrons. The molecule has 7 aromatic carbocycles. The zero-order valence-electron chi connectivity index (χ0n) is 42.0. The second-order valence-corrected chi connectivity index (χ2v) is 24.3. The van der Waals surface area contributed by atoms with Gasteiger partial charge in [-0.3, -0.25) is 0 Å². The minimum atomic E-state index is -0.165. The largest absolute Gasteiger partial charge is 0.311 e. The Morgan fingerprint density at radius 3 is 1.55 bits per heavy atom. The summed E-state index contributed by atoms with van der Waals surface area (Å²) in [5.74, 6) is 0. The minimum absolute atomic E-state index is 0.0107. The van der Waals surface area contributed by atoms with Crippen LogP contribution in [0.3, 0.4) is 0 Å². The molecular formula is C63H67BN2. The van der Waals surface area contributed by atoms with E-state index in [1.165, 1.54) is 130 Å². The van der Waals surface area contributed by atoms with Gasteiger partial charge in [0.15, 0.2) is 0 Å². The number of rotatable bonds is 3. The van der Waals surface area contributed by atoms with Crippen LogP contribution in [0.1, 0.15) is 140 Å². The van der Waals surface area contributed by atoms with E-state index in [1.54, 1.807) is 0 Å². The van der Waals surface area contributed by atoms with Crippen molar-refractivity contribution in [1.29, 1.82) is 0 Å².